The molecular formula is C26H33N7O6S. The molecule has 2 fully saturated rings. The monoisotopic (exact) mass is 571 g/mol. The summed E-state index contributed by atoms with van der Waals surface area (Å²) in [4.78, 5) is 51.1. The Hall–Kier alpha value is -3.62. The van der Waals surface area contributed by atoms with Crippen LogP contribution in [0.4, 0.5) is 5.69 Å². The number of carbonyl (C=O) groups excluding carboxylic acids is 4. The zero-order chi connectivity index (χ0) is 28.8. The number of benzene rings is 1. The van der Waals surface area contributed by atoms with Crippen LogP contribution < -0.4 is 15.4 Å². The van der Waals surface area contributed by atoms with Crippen molar-refractivity contribution in [1.82, 2.24) is 29.0 Å². The molecule has 3 aliphatic heterocycles. The zero-order valence-electron chi connectivity index (χ0n) is 22.6. The summed E-state index contributed by atoms with van der Waals surface area (Å²) in [7, 11) is -3.56. The predicted octanol–water partition coefficient (Wildman–Crippen LogP) is 1.17. The van der Waals surface area contributed by atoms with Gasteiger partial charge in [0.1, 0.15) is 6.04 Å². The van der Waals surface area contributed by atoms with Crippen LogP contribution in [0.3, 0.4) is 0 Å². The van der Waals surface area contributed by atoms with Crippen molar-refractivity contribution in [2.45, 2.75) is 70.6 Å². The molecule has 3 aliphatic rings. The number of amides is 4. The van der Waals surface area contributed by atoms with E-state index >= 15 is 0 Å². The number of carbonyl (C=O) groups is 4. The summed E-state index contributed by atoms with van der Waals surface area (Å²) in [5.41, 5.74) is 1.16. The van der Waals surface area contributed by atoms with Gasteiger partial charge in [-0.25, -0.2) is 0 Å². The second kappa shape index (κ2) is 10.4. The Bertz CT molecular complexity index is 1470. The Kier molecular flexibility index (Phi) is 7.27. The Morgan fingerprint density at radius 2 is 1.77 bits per heavy atom. The topological polar surface area (TPSA) is 163 Å². The van der Waals surface area contributed by atoms with E-state index in [-0.39, 0.29) is 30.0 Å². The van der Waals surface area contributed by atoms with E-state index < -0.39 is 45.4 Å². The number of nitrogens with zero attached hydrogens (tertiary/aromatic N) is 4. The maximum absolute atomic E-state index is 13.3. The van der Waals surface area contributed by atoms with Crippen molar-refractivity contribution in [2.24, 2.45) is 0 Å². The summed E-state index contributed by atoms with van der Waals surface area (Å²) in [5.74, 6) is -2.21. The highest BCUT2D eigenvalue weighted by molar-refractivity contribution is 7.87. The molecule has 13 nitrogen and oxygen atoms in total. The van der Waals surface area contributed by atoms with E-state index in [1.54, 1.807) is 24.4 Å². The van der Waals surface area contributed by atoms with Crippen LogP contribution in [-0.2, 0) is 26.3 Å². The highest BCUT2D eigenvalue weighted by Crippen LogP contribution is 2.33. The normalized spacial score (nSPS) is 21.1. The molecule has 0 spiro atoms. The number of hydrogen-bond donors (Lipinski definition) is 3. The van der Waals surface area contributed by atoms with Crippen molar-refractivity contribution >= 4 is 39.5 Å². The zero-order valence-corrected chi connectivity index (χ0v) is 23.5. The number of aromatic nitrogens is 2. The molecule has 2 saturated heterocycles. The van der Waals surface area contributed by atoms with Crippen LogP contribution >= 0.6 is 0 Å². The van der Waals surface area contributed by atoms with Gasteiger partial charge < -0.3 is 5.32 Å². The maximum Gasteiger partial charge on any atom is 0.279 e. The molecule has 4 heterocycles. The lowest BCUT2D eigenvalue weighted by Gasteiger charge is -2.33. The fourth-order valence-electron chi connectivity index (χ4n) is 5.33. The molecule has 2 aromatic rings. The van der Waals surface area contributed by atoms with E-state index in [0.717, 1.165) is 10.5 Å². The third kappa shape index (κ3) is 5.51. The predicted molar refractivity (Wildman–Crippen MR) is 144 cm³/mol. The van der Waals surface area contributed by atoms with E-state index in [0.29, 0.717) is 38.2 Å². The molecule has 0 bridgehead atoms. The standard InChI is InChI=1S/C26H33N7O6S/c1-26(2,3)30-40(38,39)31-11-9-17(10-12-31)32-15-16(14-28-32)13-27-19-6-4-5-18-22(19)25(37)33(24(18)36)20-7-8-21(34)29-23(20)35/h4-6,14-15,17,20,27,30H,7-13H2,1-3H3,(H,29,34,35). The minimum atomic E-state index is -3.56. The first-order valence-corrected chi connectivity index (χ1v) is 14.7. The van der Waals surface area contributed by atoms with Gasteiger partial charge in [-0.3, -0.25) is 34.1 Å². The second-order valence-corrected chi connectivity index (χ2v) is 13.0. The molecule has 0 radical (unpaired) electrons. The molecule has 4 amide bonds. The first kappa shape index (κ1) is 27.9. The third-order valence-electron chi connectivity index (χ3n) is 7.18. The smallest absolute Gasteiger partial charge is 0.279 e. The van der Waals surface area contributed by atoms with Crippen LogP contribution in [0.15, 0.2) is 30.6 Å². The largest absolute Gasteiger partial charge is 0.380 e. The number of piperidine rings is 2. The highest BCUT2D eigenvalue weighted by atomic mass is 32.2. The Morgan fingerprint density at radius 1 is 1.05 bits per heavy atom. The third-order valence-corrected chi connectivity index (χ3v) is 9.09. The average molecular weight is 572 g/mol. The lowest BCUT2D eigenvalue weighted by atomic mass is 10.0. The van der Waals surface area contributed by atoms with Crippen LogP contribution in [0.2, 0.25) is 0 Å². The molecule has 214 valence electrons. The van der Waals surface area contributed by atoms with Crippen molar-refractivity contribution in [2.75, 3.05) is 18.4 Å². The first-order chi connectivity index (χ1) is 18.8. The first-order valence-electron chi connectivity index (χ1n) is 13.2. The lowest BCUT2D eigenvalue weighted by molar-refractivity contribution is -0.136. The molecule has 5 rings (SSSR count). The quantitative estimate of drug-likeness (QED) is 0.417. The van der Waals surface area contributed by atoms with Crippen molar-refractivity contribution in [3.8, 4) is 0 Å². The summed E-state index contributed by atoms with van der Waals surface area (Å²) in [5, 5.41) is 9.89. The summed E-state index contributed by atoms with van der Waals surface area (Å²) in [6, 6.07) is 3.94. The van der Waals surface area contributed by atoms with Gasteiger partial charge in [0.25, 0.3) is 22.0 Å². The molecular weight excluding hydrogens is 538 g/mol. The van der Waals surface area contributed by atoms with Crippen LogP contribution in [-0.4, -0.2) is 75.7 Å². The van der Waals surface area contributed by atoms with Gasteiger partial charge in [0.05, 0.1) is 23.4 Å². The fourth-order valence-corrected chi connectivity index (χ4v) is 6.92. The highest BCUT2D eigenvalue weighted by Gasteiger charge is 2.45. The van der Waals surface area contributed by atoms with E-state index in [1.165, 1.54) is 4.31 Å². The maximum atomic E-state index is 13.3. The minimum Gasteiger partial charge on any atom is -0.380 e. The minimum absolute atomic E-state index is 0.0529. The Morgan fingerprint density at radius 3 is 2.45 bits per heavy atom. The average Bonchev–Trinajstić information content (AvgIpc) is 3.45. The molecule has 1 unspecified atom stereocenters. The molecule has 40 heavy (non-hydrogen) atoms. The molecule has 0 aliphatic carbocycles. The van der Waals surface area contributed by atoms with Gasteiger partial charge in [0.15, 0.2) is 0 Å². The molecule has 0 saturated carbocycles. The van der Waals surface area contributed by atoms with E-state index in [4.69, 9.17) is 0 Å². The van der Waals surface area contributed by atoms with Gasteiger partial charge in [-0.05, 0) is 52.2 Å². The second-order valence-electron chi connectivity index (χ2n) is 11.3. The summed E-state index contributed by atoms with van der Waals surface area (Å²) < 4.78 is 31.3. The summed E-state index contributed by atoms with van der Waals surface area (Å²) in [6.45, 7) is 6.53. The van der Waals surface area contributed by atoms with E-state index in [9.17, 15) is 27.6 Å². The lowest BCUT2D eigenvalue weighted by Crippen LogP contribution is -2.54. The van der Waals surface area contributed by atoms with Crippen molar-refractivity contribution in [3.05, 3.63) is 47.3 Å². The molecule has 1 atom stereocenters. The number of fused-ring (bicyclic) bond motifs is 1. The van der Waals surface area contributed by atoms with Crippen molar-refractivity contribution in [3.63, 3.8) is 0 Å². The van der Waals surface area contributed by atoms with Gasteiger partial charge >= 0.3 is 0 Å². The van der Waals surface area contributed by atoms with E-state index in [1.807, 2.05) is 31.6 Å². The molecule has 1 aromatic carbocycles. The van der Waals surface area contributed by atoms with Crippen molar-refractivity contribution < 1.29 is 27.6 Å². The number of rotatable bonds is 7. The van der Waals surface area contributed by atoms with Crippen molar-refractivity contribution in [1.29, 1.82) is 0 Å². The molecule has 3 N–H and O–H groups in total. The number of hydrogen-bond acceptors (Lipinski definition) is 8. The molecule has 14 heteroatoms. The van der Waals surface area contributed by atoms with Gasteiger partial charge in [-0.15, -0.1) is 0 Å². The number of nitrogens with one attached hydrogen (secondary N) is 3. The van der Waals surface area contributed by atoms with Crippen LogP contribution in [0.5, 0.6) is 0 Å². The molecule has 1 aromatic heterocycles. The summed E-state index contributed by atoms with van der Waals surface area (Å²) >= 11 is 0. The Balaban J connectivity index is 1.22. The number of imide groups is 2. The summed E-state index contributed by atoms with van der Waals surface area (Å²) in [6.07, 6.45) is 5.00. The van der Waals surface area contributed by atoms with E-state index in [2.05, 4.69) is 20.5 Å². The van der Waals surface area contributed by atoms with Gasteiger partial charge in [-0.2, -0.15) is 22.5 Å². The van der Waals surface area contributed by atoms with Crippen LogP contribution in [0.1, 0.15) is 78.8 Å². The fraction of sp³-hybridized carbons (Fsp3) is 0.500. The van der Waals surface area contributed by atoms with Crippen LogP contribution in [0.25, 0.3) is 0 Å². The number of anilines is 1. The van der Waals surface area contributed by atoms with Gasteiger partial charge in [-0.1, -0.05) is 6.07 Å². The van der Waals surface area contributed by atoms with Gasteiger partial charge in [0, 0.05) is 49.0 Å². The SMILES string of the molecule is CC(C)(C)NS(=O)(=O)N1CCC(n2cc(CNc3cccc4c3C(=O)N(C3CCC(=O)NC3=O)C4=O)cn2)CC1. The Labute approximate surface area is 232 Å². The van der Waals surface area contributed by atoms with Crippen LogP contribution in [0, 0.1) is 0 Å². The van der Waals surface area contributed by atoms with Gasteiger partial charge in [0.2, 0.25) is 11.8 Å².